The molecule has 0 radical (unpaired) electrons. The van der Waals surface area contributed by atoms with Crippen LogP contribution in [0.25, 0.3) is 0 Å². The number of Topliss-reactive ketones (excluding diaryl/α,β-unsaturated/α-hetero) is 1. The minimum Gasteiger partial charge on any atom is -0.404 e. The van der Waals surface area contributed by atoms with Gasteiger partial charge in [0.2, 0.25) is 0 Å². The standard InChI is InChI=1S/C20H27O5P.C2H6/c1-3-12-11-18(21)20(2)9-8-16-15-7-5-14(25-26(22,23)24)10-13(15)4-6-17(16)19(12)20;1-2/h5,7,10,12,16-17,19H,3-4,6,8-9,11H2,1-2H3,(H2,22,23,24);1-2H3. The van der Waals surface area contributed by atoms with Crippen molar-refractivity contribution in [2.75, 3.05) is 0 Å². The number of ketones is 1. The molecule has 6 heteroatoms. The highest BCUT2D eigenvalue weighted by atomic mass is 31.2. The van der Waals surface area contributed by atoms with E-state index in [0.29, 0.717) is 29.5 Å². The maximum absolute atomic E-state index is 12.7. The molecule has 0 spiro atoms. The van der Waals surface area contributed by atoms with Crippen LogP contribution in [0.1, 0.15) is 76.8 Å². The van der Waals surface area contributed by atoms with Crippen LogP contribution in [0, 0.1) is 23.2 Å². The van der Waals surface area contributed by atoms with Crippen molar-refractivity contribution in [2.24, 2.45) is 23.2 Å². The van der Waals surface area contributed by atoms with Gasteiger partial charge in [-0.25, -0.2) is 4.57 Å². The van der Waals surface area contributed by atoms with Gasteiger partial charge in [0.25, 0.3) is 0 Å². The summed E-state index contributed by atoms with van der Waals surface area (Å²) in [7, 11) is -4.53. The molecule has 0 aliphatic heterocycles. The predicted octanol–water partition coefficient (Wildman–Crippen LogP) is 5.25. The molecule has 1 aromatic carbocycles. The maximum atomic E-state index is 12.7. The van der Waals surface area contributed by atoms with Crippen LogP contribution in [0.5, 0.6) is 5.75 Å². The number of benzene rings is 1. The van der Waals surface area contributed by atoms with Crippen molar-refractivity contribution in [3.05, 3.63) is 29.3 Å². The van der Waals surface area contributed by atoms with Gasteiger partial charge in [0.05, 0.1) is 0 Å². The second kappa shape index (κ2) is 7.93. The van der Waals surface area contributed by atoms with Crippen LogP contribution < -0.4 is 4.52 Å². The smallest absolute Gasteiger partial charge is 0.404 e. The molecule has 0 heterocycles. The van der Waals surface area contributed by atoms with E-state index in [1.54, 1.807) is 12.1 Å². The third kappa shape index (κ3) is 3.69. The molecule has 2 N–H and O–H groups in total. The lowest BCUT2D eigenvalue weighted by Gasteiger charge is -2.49. The van der Waals surface area contributed by atoms with E-state index in [-0.39, 0.29) is 11.2 Å². The number of aryl methyl sites for hydroxylation is 1. The Hall–Kier alpha value is -1.16. The van der Waals surface area contributed by atoms with Gasteiger partial charge in [-0.1, -0.05) is 40.2 Å². The van der Waals surface area contributed by atoms with Crippen LogP contribution in [0.4, 0.5) is 0 Å². The van der Waals surface area contributed by atoms with Crippen LogP contribution in [0.2, 0.25) is 0 Å². The van der Waals surface area contributed by atoms with Gasteiger partial charge >= 0.3 is 7.82 Å². The molecule has 0 bridgehead atoms. The molecule has 0 amide bonds. The first-order valence-electron chi connectivity index (χ1n) is 10.6. The van der Waals surface area contributed by atoms with Crippen molar-refractivity contribution in [3.8, 4) is 5.75 Å². The molecular weight excluding hydrogens is 375 g/mol. The molecule has 1 aromatic rings. The number of carbonyl (C=O) groups excluding carboxylic acids is 1. The van der Waals surface area contributed by atoms with E-state index < -0.39 is 7.82 Å². The Balaban J connectivity index is 0.00000109. The summed E-state index contributed by atoms with van der Waals surface area (Å²) in [5.41, 5.74) is 2.27. The second-order valence-corrected chi connectivity index (χ2v) is 9.69. The van der Waals surface area contributed by atoms with Crippen molar-refractivity contribution in [1.82, 2.24) is 0 Å². The molecule has 4 rings (SSSR count). The lowest BCUT2D eigenvalue weighted by Crippen LogP contribution is -2.44. The van der Waals surface area contributed by atoms with Crippen molar-refractivity contribution in [1.29, 1.82) is 0 Å². The summed E-state index contributed by atoms with van der Waals surface area (Å²) >= 11 is 0. The van der Waals surface area contributed by atoms with Gasteiger partial charge < -0.3 is 4.52 Å². The average molecular weight is 408 g/mol. The highest BCUT2D eigenvalue weighted by molar-refractivity contribution is 7.46. The third-order valence-electron chi connectivity index (χ3n) is 7.29. The summed E-state index contributed by atoms with van der Waals surface area (Å²) in [4.78, 5) is 30.8. The first-order valence-corrected chi connectivity index (χ1v) is 12.2. The van der Waals surface area contributed by atoms with Gasteiger partial charge in [0.15, 0.2) is 0 Å². The molecule has 0 saturated heterocycles. The van der Waals surface area contributed by atoms with E-state index in [2.05, 4.69) is 13.8 Å². The van der Waals surface area contributed by atoms with E-state index >= 15 is 0 Å². The molecule has 5 unspecified atom stereocenters. The molecule has 5 atom stereocenters. The quantitative estimate of drug-likeness (QED) is 0.668. The Morgan fingerprint density at radius 2 is 1.96 bits per heavy atom. The lowest BCUT2D eigenvalue weighted by atomic mass is 9.54. The number of phosphoric ester groups is 1. The van der Waals surface area contributed by atoms with Crippen molar-refractivity contribution in [3.63, 3.8) is 0 Å². The van der Waals surface area contributed by atoms with E-state index in [1.165, 1.54) is 5.56 Å². The summed E-state index contributed by atoms with van der Waals surface area (Å²) in [6, 6.07) is 5.44. The Morgan fingerprint density at radius 3 is 2.61 bits per heavy atom. The molecule has 3 aliphatic carbocycles. The first kappa shape index (κ1) is 21.5. The Kier molecular flexibility index (Phi) is 6.10. The molecule has 0 aromatic heterocycles. The number of hydrogen-bond acceptors (Lipinski definition) is 3. The van der Waals surface area contributed by atoms with Gasteiger partial charge in [0, 0.05) is 11.8 Å². The van der Waals surface area contributed by atoms with Crippen LogP contribution in [-0.2, 0) is 15.8 Å². The van der Waals surface area contributed by atoms with E-state index in [4.69, 9.17) is 14.3 Å². The Morgan fingerprint density at radius 1 is 1.25 bits per heavy atom. The molecule has 28 heavy (non-hydrogen) atoms. The predicted molar refractivity (Wildman–Crippen MR) is 109 cm³/mol. The number of carbonyl (C=O) groups is 1. The van der Waals surface area contributed by atoms with E-state index in [1.807, 2.05) is 19.9 Å². The Bertz CT molecular complexity index is 785. The van der Waals surface area contributed by atoms with Gasteiger partial charge in [-0.15, -0.1) is 0 Å². The molecular formula is C22H33O5P. The highest BCUT2D eigenvalue weighted by Crippen LogP contribution is 2.62. The monoisotopic (exact) mass is 408 g/mol. The zero-order chi connectivity index (χ0) is 20.7. The molecule has 2 fully saturated rings. The fourth-order valence-electron chi connectivity index (χ4n) is 6.19. The number of fused-ring (bicyclic) bond motifs is 5. The van der Waals surface area contributed by atoms with Crippen molar-refractivity contribution < 1.29 is 23.7 Å². The van der Waals surface area contributed by atoms with Crippen LogP contribution in [-0.4, -0.2) is 15.6 Å². The molecule has 156 valence electrons. The highest BCUT2D eigenvalue weighted by Gasteiger charge is 2.58. The lowest BCUT2D eigenvalue weighted by molar-refractivity contribution is -0.129. The summed E-state index contributed by atoms with van der Waals surface area (Å²) in [6.07, 6.45) is 5.70. The Labute approximate surface area is 168 Å². The largest absolute Gasteiger partial charge is 0.524 e. The summed E-state index contributed by atoms with van der Waals surface area (Å²) in [6.45, 7) is 8.40. The van der Waals surface area contributed by atoms with Gasteiger partial charge in [0.1, 0.15) is 11.5 Å². The topological polar surface area (TPSA) is 83.8 Å². The van der Waals surface area contributed by atoms with Gasteiger partial charge in [-0.2, -0.15) is 0 Å². The summed E-state index contributed by atoms with van der Waals surface area (Å²) in [5.74, 6) is 2.65. The normalized spacial score (nSPS) is 33.9. The minimum absolute atomic E-state index is 0.150. The number of phosphoric acid groups is 1. The zero-order valence-corrected chi connectivity index (χ0v) is 18.2. The fourth-order valence-corrected chi connectivity index (χ4v) is 6.58. The SMILES string of the molecule is CC.CCC1CC(=O)C2(C)CCC3c4ccc(OP(=O)(O)O)cc4CCC3C12. The summed E-state index contributed by atoms with van der Waals surface area (Å²) in [5, 5.41) is 0. The fraction of sp³-hybridized carbons (Fsp3) is 0.682. The van der Waals surface area contributed by atoms with Gasteiger partial charge in [-0.3, -0.25) is 14.6 Å². The van der Waals surface area contributed by atoms with Crippen molar-refractivity contribution >= 4 is 13.6 Å². The van der Waals surface area contributed by atoms with Crippen molar-refractivity contribution in [2.45, 2.75) is 72.1 Å². The van der Waals surface area contributed by atoms with Gasteiger partial charge in [-0.05, 0) is 72.6 Å². The van der Waals surface area contributed by atoms with E-state index in [9.17, 15) is 9.36 Å². The van der Waals surface area contributed by atoms with Crippen LogP contribution >= 0.6 is 7.82 Å². The second-order valence-electron chi connectivity index (χ2n) is 8.53. The summed E-state index contributed by atoms with van der Waals surface area (Å²) < 4.78 is 15.9. The van der Waals surface area contributed by atoms with E-state index in [0.717, 1.165) is 44.1 Å². The average Bonchev–Trinajstić information content (AvgIpc) is 2.92. The maximum Gasteiger partial charge on any atom is 0.524 e. The molecule has 2 saturated carbocycles. The molecule has 3 aliphatic rings. The number of rotatable bonds is 3. The minimum atomic E-state index is -4.53. The zero-order valence-electron chi connectivity index (χ0n) is 17.4. The first-order chi connectivity index (χ1) is 13.2. The van der Waals surface area contributed by atoms with Crippen LogP contribution in [0.15, 0.2) is 18.2 Å². The van der Waals surface area contributed by atoms with Crippen LogP contribution in [0.3, 0.4) is 0 Å². The third-order valence-corrected chi connectivity index (χ3v) is 7.74. The molecule has 5 nitrogen and oxygen atoms in total. The number of hydrogen-bond donors (Lipinski definition) is 2.